The molecule has 0 saturated carbocycles. The summed E-state index contributed by atoms with van der Waals surface area (Å²) in [7, 11) is 0. The van der Waals surface area contributed by atoms with E-state index in [1.807, 2.05) is 0 Å². The van der Waals surface area contributed by atoms with Crippen LogP contribution in [0.25, 0.3) is 5.69 Å². The van der Waals surface area contributed by atoms with Gasteiger partial charge in [0, 0.05) is 12.4 Å². The van der Waals surface area contributed by atoms with Gasteiger partial charge in [-0.05, 0) is 23.8 Å². The van der Waals surface area contributed by atoms with Crippen LogP contribution in [-0.4, -0.2) is 14.9 Å². The minimum atomic E-state index is -0.389. The van der Waals surface area contributed by atoms with Gasteiger partial charge in [0.1, 0.15) is 11.5 Å². The molecule has 1 aromatic heterocycles. The van der Waals surface area contributed by atoms with Crippen molar-refractivity contribution in [3.8, 4) is 5.69 Å². The number of hydrogen-bond acceptors (Lipinski definition) is 2. The highest BCUT2D eigenvalue weighted by atomic mass is 19.1. The summed E-state index contributed by atoms with van der Waals surface area (Å²) in [6, 6.07) is 6.28. The van der Waals surface area contributed by atoms with Gasteiger partial charge in [-0.3, -0.25) is 0 Å². The molecule has 1 N–H and O–H groups in total. The summed E-state index contributed by atoms with van der Waals surface area (Å²) in [5.41, 5.74) is 0.936. The molecule has 0 aliphatic rings. The van der Waals surface area contributed by atoms with Crippen LogP contribution in [0.1, 0.15) is 5.56 Å². The molecule has 0 radical (unpaired) electrons. The van der Waals surface area contributed by atoms with Gasteiger partial charge < -0.3 is 5.11 Å². The summed E-state index contributed by atoms with van der Waals surface area (Å²) in [6.45, 7) is -0.156. The molecule has 0 unspecified atom stereocenters. The van der Waals surface area contributed by atoms with E-state index in [9.17, 15) is 4.39 Å². The summed E-state index contributed by atoms with van der Waals surface area (Å²) in [5, 5.41) is 12.7. The fourth-order valence-corrected chi connectivity index (χ4v) is 1.25. The molecule has 1 heterocycles. The standard InChI is InChI=1S/C10H9FN2O/c11-9-6-8(7-14)2-3-10(9)13-5-1-4-12-13/h1-6,14H,7H2. The van der Waals surface area contributed by atoms with Crippen LogP contribution >= 0.6 is 0 Å². The monoisotopic (exact) mass is 192 g/mol. The van der Waals surface area contributed by atoms with Crippen molar-refractivity contribution < 1.29 is 9.50 Å². The molecule has 14 heavy (non-hydrogen) atoms. The number of aliphatic hydroxyl groups is 1. The Morgan fingerprint density at radius 3 is 2.86 bits per heavy atom. The maximum Gasteiger partial charge on any atom is 0.149 e. The third-order valence-corrected chi connectivity index (χ3v) is 1.95. The van der Waals surface area contributed by atoms with Crippen molar-refractivity contribution in [1.82, 2.24) is 9.78 Å². The summed E-state index contributed by atoms with van der Waals surface area (Å²) in [4.78, 5) is 0. The number of rotatable bonds is 2. The Hall–Kier alpha value is -1.68. The molecule has 0 amide bonds. The van der Waals surface area contributed by atoms with E-state index < -0.39 is 0 Å². The molecule has 4 heteroatoms. The SMILES string of the molecule is OCc1ccc(-n2cccn2)c(F)c1. The van der Waals surface area contributed by atoms with Crippen LogP contribution in [0.4, 0.5) is 4.39 Å². The molecule has 0 bridgehead atoms. The lowest BCUT2D eigenvalue weighted by atomic mass is 10.2. The Morgan fingerprint density at radius 2 is 2.29 bits per heavy atom. The molecular weight excluding hydrogens is 183 g/mol. The van der Waals surface area contributed by atoms with E-state index in [-0.39, 0.29) is 12.4 Å². The second-order valence-corrected chi connectivity index (χ2v) is 2.89. The summed E-state index contributed by atoms with van der Waals surface area (Å²) >= 11 is 0. The van der Waals surface area contributed by atoms with Gasteiger partial charge in [-0.2, -0.15) is 5.10 Å². The van der Waals surface area contributed by atoms with E-state index in [0.29, 0.717) is 11.3 Å². The van der Waals surface area contributed by atoms with E-state index in [4.69, 9.17) is 5.11 Å². The molecule has 2 rings (SSSR count). The third-order valence-electron chi connectivity index (χ3n) is 1.95. The van der Waals surface area contributed by atoms with Crippen LogP contribution in [0.15, 0.2) is 36.7 Å². The van der Waals surface area contributed by atoms with Gasteiger partial charge in [0.05, 0.1) is 6.61 Å². The van der Waals surface area contributed by atoms with Gasteiger partial charge in [-0.15, -0.1) is 0 Å². The summed E-state index contributed by atoms with van der Waals surface area (Å²) in [5.74, 6) is -0.389. The Balaban J connectivity index is 2.46. The van der Waals surface area contributed by atoms with E-state index in [0.717, 1.165) is 0 Å². The molecule has 72 valence electrons. The van der Waals surface area contributed by atoms with Crippen LogP contribution < -0.4 is 0 Å². The first-order valence-corrected chi connectivity index (χ1v) is 4.20. The zero-order valence-corrected chi connectivity index (χ0v) is 7.39. The lowest BCUT2D eigenvalue weighted by Gasteiger charge is -2.04. The normalized spacial score (nSPS) is 10.4. The Labute approximate surface area is 80.4 Å². The molecule has 0 atom stereocenters. The first kappa shape index (κ1) is 8.90. The van der Waals surface area contributed by atoms with Crippen molar-refractivity contribution in [3.05, 3.63) is 48.0 Å². The van der Waals surface area contributed by atoms with Crippen molar-refractivity contribution in [2.75, 3.05) is 0 Å². The Morgan fingerprint density at radius 1 is 1.43 bits per heavy atom. The number of aliphatic hydroxyl groups excluding tert-OH is 1. The van der Waals surface area contributed by atoms with E-state index in [1.165, 1.54) is 10.7 Å². The average Bonchev–Trinajstić information content (AvgIpc) is 2.70. The molecule has 3 nitrogen and oxygen atoms in total. The van der Waals surface area contributed by atoms with Crippen LogP contribution in [0.3, 0.4) is 0 Å². The number of hydrogen-bond donors (Lipinski definition) is 1. The molecule has 0 fully saturated rings. The van der Waals surface area contributed by atoms with Crippen molar-refractivity contribution in [2.45, 2.75) is 6.61 Å². The highest BCUT2D eigenvalue weighted by molar-refractivity contribution is 5.35. The van der Waals surface area contributed by atoms with Gasteiger partial charge in [-0.1, -0.05) is 6.07 Å². The zero-order chi connectivity index (χ0) is 9.97. The smallest absolute Gasteiger partial charge is 0.149 e. The Kier molecular flexibility index (Phi) is 2.28. The number of benzene rings is 1. The zero-order valence-electron chi connectivity index (χ0n) is 7.39. The van der Waals surface area contributed by atoms with E-state index in [1.54, 1.807) is 30.6 Å². The maximum atomic E-state index is 13.4. The highest BCUT2D eigenvalue weighted by Gasteiger charge is 2.04. The van der Waals surface area contributed by atoms with E-state index >= 15 is 0 Å². The number of aromatic nitrogens is 2. The van der Waals surface area contributed by atoms with Gasteiger partial charge in [0.15, 0.2) is 0 Å². The van der Waals surface area contributed by atoms with Crippen LogP contribution in [0, 0.1) is 5.82 Å². The van der Waals surface area contributed by atoms with Gasteiger partial charge in [0.2, 0.25) is 0 Å². The van der Waals surface area contributed by atoms with Crippen LogP contribution in [-0.2, 0) is 6.61 Å². The van der Waals surface area contributed by atoms with Crippen LogP contribution in [0.2, 0.25) is 0 Å². The van der Waals surface area contributed by atoms with Crippen molar-refractivity contribution in [3.63, 3.8) is 0 Å². The summed E-state index contributed by atoms with van der Waals surface area (Å²) < 4.78 is 14.9. The fraction of sp³-hybridized carbons (Fsp3) is 0.100. The van der Waals surface area contributed by atoms with Gasteiger partial charge >= 0.3 is 0 Å². The predicted molar refractivity (Wildman–Crippen MR) is 49.4 cm³/mol. The molecular formula is C10H9FN2O. The number of halogens is 1. The quantitative estimate of drug-likeness (QED) is 0.783. The molecule has 2 aromatic rings. The molecule has 1 aromatic carbocycles. The first-order chi connectivity index (χ1) is 6.81. The topological polar surface area (TPSA) is 38.0 Å². The molecule has 0 aliphatic carbocycles. The van der Waals surface area contributed by atoms with Gasteiger partial charge in [0.25, 0.3) is 0 Å². The first-order valence-electron chi connectivity index (χ1n) is 4.20. The molecule has 0 spiro atoms. The maximum absolute atomic E-state index is 13.4. The third kappa shape index (κ3) is 1.52. The minimum absolute atomic E-state index is 0.156. The second-order valence-electron chi connectivity index (χ2n) is 2.89. The average molecular weight is 192 g/mol. The lowest BCUT2D eigenvalue weighted by Crippen LogP contribution is -1.98. The lowest BCUT2D eigenvalue weighted by molar-refractivity contribution is 0.281. The highest BCUT2D eigenvalue weighted by Crippen LogP contribution is 2.14. The van der Waals surface area contributed by atoms with Crippen LogP contribution in [0.5, 0.6) is 0 Å². The minimum Gasteiger partial charge on any atom is -0.392 e. The molecule has 0 saturated heterocycles. The van der Waals surface area contributed by atoms with Crippen molar-refractivity contribution in [2.24, 2.45) is 0 Å². The van der Waals surface area contributed by atoms with Crippen molar-refractivity contribution in [1.29, 1.82) is 0 Å². The Bertz CT molecular complexity index is 426. The predicted octanol–water partition coefficient (Wildman–Crippen LogP) is 1.50. The summed E-state index contributed by atoms with van der Waals surface area (Å²) in [6.07, 6.45) is 3.25. The largest absolute Gasteiger partial charge is 0.392 e. The van der Waals surface area contributed by atoms with E-state index in [2.05, 4.69) is 5.10 Å². The molecule has 0 aliphatic heterocycles. The van der Waals surface area contributed by atoms with Gasteiger partial charge in [-0.25, -0.2) is 9.07 Å². The van der Waals surface area contributed by atoms with Crippen molar-refractivity contribution >= 4 is 0 Å². The number of nitrogens with zero attached hydrogens (tertiary/aromatic N) is 2. The fourth-order valence-electron chi connectivity index (χ4n) is 1.25. The second kappa shape index (κ2) is 3.59.